The van der Waals surface area contributed by atoms with Crippen molar-refractivity contribution in [1.82, 2.24) is 4.57 Å². The normalized spacial score (nSPS) is 13.5. The number of hydrogen-bond donors (Lipinski definition) is 0. The zero-order chi connectivity index (χ0) is 28.4. The molecule has 1 aliphatic heterocycles. The largest absolute Gasteiger partial charge is 0.457 e. The van der Waals surface area contributed by atoms with Gasteiger partial charge in [0.25, 0.3) is 0 Å². The van der Waals surface area contributed by atoms with E-state index in [1.165, 1.54) is 43.7 Å². The molecule has 0 fully saturated rings. The number of rotatable bonds is 3. The van der Waals surface area contributed by atoms with Crippen LogP contribution in [-0.4, -0.2) is 4.57 Å². The zero-order valence-electron chi connectivity index (χ0n) is 23.4. The van der Waals surface area contributed by atoms with Gasteiger partial charge in [-0.15, -0.1) is 0 Å². The fourth-order valence-electron chi connectivity index (χ4n) is 7.35. The summed E-state index contributed by atoms with van der Waals surface area (Å²) in [6.45, 7) is 0. The number of para-hydroxylation sites is 2. The van der Waals surface area contributed by atoms with Crippen LogP contribution in [0.5, 0.6) is 11.5 Å². The van der Waals surface area contributed by atoms with Gasteiger partial charge < -0.3 is 9.30 Å². The van der Waals surface area contributed by atoms with Gasteiger partial charge in [0.05, 0.1) is 16.4 Å². The van der Waals surface area contributed by atoms with Crippen molar-refractivity contribution in [2.75, 3.05) is 0 Å². The molecule has 0 unspecified atom stereocenters. The molecule has 2 nitrogen and oxygen atoms in total. The lowest BCUT2D eigenvalue weighted by Crippen LogP contribution is -2.34. The van der Waals surface area contributed by atoms with Crippen molar-refractivity contribution >= 4 is 32.6 Å². The van der Waals surface area contributed by atoms with Crippen molar-refractivity contribution in [1.29, 1.82) is 0 Å². The van der Waals surface area contributed by atoms with Crippen molar-refractivity contribution < 1.29 is 4.74 Å². The first-order valence-electron chi connectivity index (χ1n) is 14.8. The SMILES string of the molecule is c1ccc(C2(c3ccccc3)c3ccccc3Oc3ccc(-n4c5ccccc5c5c6ccccc6ccc54)cc32)cc1. The average molecular weight is 550 g/mol. The van der Waals surface area contributed by atoms with E-state index in [9.17, 15) is 0 Å². The maximum Gasteiger partial charge on any atom is 0.132 e. The fraction of sp³-hybridized carbons (Fsp3) is 0.0244. The maximum absolute atomic E-state index is 6.67. The summed E-state index contributed by atoms with van der Waals surface area (Å²) in [6.07, 6.45) is 0. The van der Waals surface area contributed by atoms with Crippen LogP contribution in [0.4, 0.5) is 0 Å². The second-order valence-corrected chi connectivity index (χ2v) is 11.3. The summed E-state index contributed by atoms with van der Waals surface area (Å²) < 4.78 is 9.09. The van der Waals surface area contributed by atoms with E-state index in [1.54, 1.807) is 0 Å². The topological polar surface area (TPSA) is 14.2 Å². The molecule has 202 valence electrons. The van der Waals surface area contributed by atoms with Gasteiger partial charge in [-0.2, -0.15) is 0 Å². The number of ether oxygens (including phenoxy) is 1. The summed E-state index contributed by atoms with van der Waals surface area (Å²) in [6, 6.07) is 58.9. The van der Waals surface area contributed by atoms with Gasteiger partial charge in [0.1, 0.15) is 11.5 Å². The van der Waals surface area contributed by atoms with Crippen molar-refractivity contribution in [2.45, 2.75) is 5.41 Å². The Morgan fingerprint density at radius 2 is 1.07 bits per heavy atom. The molecule has 0 spiro atoms. The minimum absolute atomic E-state index is 0.561. The minimum Gasteiger partial charge on any atom is -0.457 e. The first kappa shape index (κ1) is 24.0. The van der Waals surface area contributed by atoms with Crippen LogP contribution in [0.3, 0.4) is 0 Å². The number of benzene rings is 7. The predicted molar refractivity (Wildman–Crippen MR) is 177 cm³/mol. The van der Waals surface area contributed by atoms with Gasteiger partial charge in [0.2, 0.25) is 0 Å². The average Bonchev–Trinajstić information content (AvgIpc) is 3.43. The molecule has 2 heterocycles. The molecule has 7 aromatic carbocycles. The van der Waals surface area contributed by atoms with E-state index in [-0.39, 0.29) is 0 Å². The molecule has 8 aromatic rings. The number of hydrogen-bond acceptors (Lipinski definition) is 1. The predicted octanol–water partition coefficient (Wildman–Crippen LogP) is 10.4. The van der Waals surface area contributed by atoms with E-state index >= 15 is 0 Å². The molecule has 0 atom stereocenters. The van der Waals surface area contributed by atoms with Gasteiger partial charge in [-0.25, -0.2) is 0 Å². The van der Waals surface area contributed by atoms with Crippen molar-refractivity contribution in [2.24, 2.45) is 0 Å². The van der Waals surface area contributed by atoms with Crippen molar-refractivity contribution in [3.8, 4) is 17.2 Å². The summed E-state index contributed by atoms with van der Waals surface area (Å²) in [5.41, 5.74) is 7.64. The third-order valence-corrected chi connectivity index (χ3v) is 9.11. The summed E-state index contributed by atoms with van der Waals surface area (Å²) in [7, 11) is 0. The van der Waals surface area contributed by atoms with E-state index in [0.717, 1.165) is 28.3 Å². The molecule has 1 aromatic heterocycles. The quantitative estimate of drug-likeness (QED) is 0.214. The Morgan fingerprint density at radius 3 is 1.86 bits per heavy atom. The van der Waals surface area contributed by atoms with Gasteiger partial charge in [-0.1, -0.05) is 127 Å². The highest BCUT2D eigenvalue weighted by Gasteiger charge is 2.45. The fourth-order valence-corrected chi connectivity index (χ4v) is 7.35. The monoisotopic (exact) mass is 549 g/mol. The Hall–Kier alpha value is -5.60. The Balaban J connectivity index is 1.41. The zero-order valence-corrected chi connectivity index (χ0v) is 23.4. The highest BCUT2D eigenvalue weighted by atomic mass is 16.5. The lowest BCUT2D eigenvalue weighted by Gasteiger charge is -2.41. The van der Waals surface area contributed by atoms with Gasteiger partial charge in [-0.3, -0.25) is 0 Å². The molecular weight excluding hydrogens is 522 g/mol. The van der Waals surface area contributed by atoms with Crippen LogP contribution >= 0.6 is 0 Å². The molecule has 0 aliphatic carbocycles. The van der Waals surface area contributed by atoms with Gasteiger partial charge in [0, 0.05) is 27.6 Å². The van der Waals surface area contributed by atoms with Crippen LogP contribution in [0.1, 0.15) is 22.3 Å². The Kier molecular flexibility index (Phi) is 5.15. The lowest BCUT2D eigenvalue weighted by atomic mass is 9.63. The summed E-state index contributed by atoms with van der Waals surface area (Å²) in [4.78, 5) is 0. The molecule has 0 radical (unpaired) electrons. The Bertz CT molecular complexity index is 2280. The van der Waals surface area contributed by atoms with Gasteiger partial charge >= 0.3 is 0 Å². The highest BCUT2D eigenvalue weighted by molar-refractivity contribution is 6.21. The van der Waals surface area contributed by atoms with E-state index in [2.05, 4.69) is 168 Å². The first-order chi connectivity index (χ1) is 21.3. The van der Waals surface area contributed by atoms with E-state index in [1.807, 2.05) is 0 Å². The first-order valence-corrected chi connectivity index (χ1v) is 14.8. The molecule has 0 amide bonds. The van der Waals surface area contributed by atoms with Gasteiger partial charge in [-0.05, 0) is 58.3 Å². The molecule has 0 bridgehead atoms. The van der Waals surface area contributed by atoms with Crippen LogP contribution in [-0.2, 0) is 5.41 Å². The number of nitrogens with zero attached hydrogens (tertiary/aromatic N) is 1. The highest BCUT2D eigenvalue weighted by Crippen LogP contribution is 2.55. The van der Waals surface area contributed by atoms with Crippen LogP contribution in [0.25, 0.3) is 38.3 Å². The summed E-state index contributed by atoms with van der Waals surface area (Å²) >= 11 is 0. The molecule has 43 heavy (non-hydrogen) atoms. The van der Waals surface area contributed by atoms with Crippen molar-refractivity contribution in [3.05, 3.63) is 186 Å². The van der Waals surface area contributed by atoms with Crippen LogP contribution in [0.15, 0.2) is 164 Å². The number of fused-ring (bicyclic) bond motifs is 7. The van der Waals surface area contributed by atoms with Gasteiger partial charge in [0.15, 0.2) is 0 Å². The van der Waals surface area contributed by atoms with E-state index < -0.39 is 5.41 Å². The maximum atomic E-state index is 6.67. The van der Waals surface area contributed by atoms with E-state index in [4.69, 9.17) is 4.74 Å². The number of aromatic nitrogens is 1. The molecule has 9 rings (SSSR count). The van der Waals surface area contributed by atoms with Crippen LogP contribution < -0.4 is 4.74 Å². The second-order valence-electron chi connectivity index (χ2n) is 11.3. The molecule has 2 heteroatoms. The third-order valence-electron chi connectivity index (χ3n) is 9.11. The second kappa shape index (κ2) is 9.20. The lowest BCUT2D eigenvalue weighted by molar-refractivity contribution is 0.434. The summed E-state index contributed by atoms with van der Waals surface area (Å²) in [5.74, 6) is 1.76. The molecule has 0 saturated heterocycles. The standard InChI is InChI=1S/C41H27NO/c1-3-14-29(15-4-1)41(30-16-5-2-6-17-30)34-20-10-12-22-38(34)43-39-26-24-31(27-35(39)41)42-36-21-11-9-19-33(36)40-32-18-8-7-13-28(32)23-25-37(40)42/h1-27H. The smallest absolute Gasteiger partial charge is 0.132 e. The molecule has 1 aliphatic rings. The van der Waals surface area contributed by atoms with Crippen molar-refractivity contribution in [3.63, 3.8) is 0 Å². The molecular formula is C41H27NO. The summed E-state index contributed by atoms with van der Waals surface area (Å²) in [5, 5.41) is 5.06. The Labute approximate surface area is 250 Å². The van der Waals surface area contributed by atoms with Crippen LogP contribution in [0, 0.1) is 0 Å². The van der Waals surface area contributed by atoms with Crippen LogP contribution in [0.2, 0.25) is 0 Å². The molecule has 0 N–H and O–H groups in total. The molecule has 0 saturated carbocycles. The minimum atomic E-state index is -0.561. The third kappa shape index (κ3) is 3.35. The Morgan fingerprint density at radius 1 is 0.442 bits per heavy atom. The van der Waals surface area contributed by atoms with E-state index in [0.29, 0.717) is 0 Å².